The molecule has 2 aromatic rings. The first-order valence-electron chi connectivity index (χ1n) is 9.66. The smallest absolute Gasteiger partial charge is 0.255 e. The molecule has 0 radical (unpaired) electrons. The maximum Gasteiger partial charge on any atom is 0.255 e. The van der Waals surface area contributed by atoms with Crippen molar-refractivity contribution in [1.82, 2.24) is 19.8 Å². The van der Waals surface area contributed by atoms with Gasteiger partial charge in [0, 0.05) is 62.9 Å². The van der Waals surface area contributed by atoms with Crippen LogP contribution in [0.25, 0.3) is 0 Å². The number of halogens is 1. The normalized spacial score (nSPS) is 18.4. The summed E-state index contributed by atoms with van der Waals surface area (Å²) in [6.07, 6.45) is 1.65. The van der Waals surface area contributed by atoms with Crippen molar-refractivity contribution in [2.75, 3.05) is 69.2 Å². The van der Waals surface area contributed by atoms with E-state index in [1.54, 1.807) is 6.33 Å². The summed E-state index contributed by atoms with van der Waals surface area (Å²) in [5.41, 5.74) is 0.718. The van der Waals surface area contributed by atoms with Crippen LogP contribution in [0.1, 0.15) is 10.4 Å². The number of aromatic nitrogens is 2. The number of carbonyl (C=O) groups is 1. The Kier molecular flexibility index (Phi) is 5.77. The Labute approximate surface area is 174 Å². The molecule has 0 bridgehead atoms. The molecule has 1 aromatic heterocycles. The summed E-state index contributed by atoms with van der Waals surface area (Å²) in [5.74, 6) is 2.01. The molecule has 28 heavy (non-hydrogen) atoms. The van der Waals surface area contributed by atoms with E-state index < -0.39 is 0 Å². The number of nitrogens with zero attached hydrogens (tertiary/aromatic N) is 6. The second-order valence-electron chi connectivity index (χ2n) is 7.28. The highest BCUT2D eigenvalue weighted by Gasteiger charge is 2.24. The largest absolute Gasteiger partial charge is 0.354 e. The number of benzene rings is 1. The van der Waals surface area contributed by atoms with Gasteiger partial charge in [0.25, 0.3) is 5.91 Å². The van der Waals surface area contributed by atoms with Crippen LogP contribution in [0.15, 0.2) is 41.1 Å². The lowest BCUT2D eigenvalue weighted by molar-refractivity contribution is 0.0745. The second-order valence-corrected chi connectivity index (χ2v) is 8.14. The van der Waals surface area contributed by atoms with E-state index in [1.165, 1.54) is 0 Å². The van der Waals surface area contributed by atoms with Crippen LogP contribution >= 0.6 is 15.9 Å². The van der Waals surface area contributed by atoms with Crippen LogP contribution < -0.4 is 9.80 Å². The van der Waals surface area contributed by atoms with Gasteiger partial charge in [0.2, 0.25) is 0 Å². The van der Waals surface area contributed by atoms with Gasteiger partial charge in [-0.15, -0.1) is 0 Å². The summed E-state index contributed by atoms with van der Waals surface area (Å²) in [6.45, 7) is 7.00. The lowest BCUT2D eigenvalue weighted by Crippen LogP contribution is -2.49. The molecular formula is C20H25BrN6O. The van der Waals surface area contributed by atoms with Gasteiger partial charge in [-0.05, 0) is 35.1 Å². The van der Waals surface area contributed by atoms with Crippen molar-refractivity contribution >= 4 is 33.5 Å². The van der Waals surface area contributed by atoms with Gasteiger partial charge >= 0.3 is 0 Å². The standard InChI is InChI=1S/C20H25BrN6O/c1-24-6-8-25(9-7-24)18-14-19(23-15-22-18)26-10-12-27(13-11-26)20(28)16-4-2-3-5-17(16)21/h2-5,14-15H,6-13H2,1H3. The minimum atomic E-state index is 0.0768. The molecule has 2 fully saturated rings. The first kappa shape index (κ1) is 19.1. The van der Waals surface area contributed by atoms with E-state index in [9.17, 15) is 4.79 Å². The summed E-state index contributed by atoms with van der Waals surface area (Å²) in [6, 6.07) is 9.67. The molecule has 2 aliphatic rings. The highest BCUT2D eigenvalue weighted by atomic mass is 79.9. The van der Waals surface area contributed by atoms with Gasteiger partial charge < -0.3 is 19.6 Å². The molecule has 3 heterocycles. The number of rotatable bonds is 3. The van der Waals surface area contributed by atoms with Gasteiger partial charge in [-0.25, -0.2) is 9.97 Å². The third kappa shape index (κ3) is 4.12. The van der Waals surface area contributed by atoms with Crippen molar-refractivity contribution in [1.29, 1.82) is 0 Å². The Morgan fingerprint density at radius 3 is 2.07 bits per heavy atom. The molecular weight excluding hydrogens is 420 g/mol. The second kappa shape index (κ2) is 8.45. The summed E-state index contributed by atoms with van der Waals surface area (Å²) >= 11 is 3.48. The van der Waals surface area contributed by atoms with Crippen LogP contribution in [0.4, 0.5) is 11.6 Å². The van der Waals surface area contributed by atoms with Crippen LogP contribution in [-0.4, -0.2) is 85.1 Å². The summed E-state index contributed by atoms with van der Waals surface area (Å²) in [4.78, 5) is 30.6. The number of carbonyl (C=O) groups excluding carboxylic acids is 1. The quantitative estimate of drug-likeness (QED) is 0.720. The number of hydrogen-bond donors (Lipinski definition) is 0. The third-order valence-electron chi connectivity index (χ3n) is 5.46. The topological polar surface area (TPSA) is 55.8 Å². The zero-order valence-corrected chi connectivity index (χ0v) is 17.7. The Morgan fingerprint density at radius 2 is 1.46 bits per heavy atom. The lowest BCUT2D eigenvalue weighted by Gasteiger charge is -2.36. The molecule has 8 heteroatoms. The van der Waals surface area contributed by atoms with Gasteiger partial charge in [0.05, 0.1) is 5.56 Å². The molecule has 0 N–H and O–H groups in total. The van der Waals surface area contributed by atoms with Crippen LogP contribution in [0, 0.1) is 0 Å². The van der Waals surface area contributed by atoms with E-state index in [4.69, 9.17) is 0 Å². The molecule has 7 nitrogen and oxygen atoms in total. The molecule has 4 rings (SSSR count). The fourth-order valence-corrected chi connectivity index (χ4v) is 4.12. The molecule has 0 spiro atoms. The molecule has 0 atom stereocenters. The Hall–Kier alpha value is -2.19. The van der Waals surface area contributed by atoms with Gasteiger partial charge in [-0.3, -0.25) is 4.79 Å². The number of piperazine rings is 2. The molecule has 2 saturated heterocycles. The number of likely N-dealkylation sites (N-methyl/N-ethyl adjacent to an activating group) is 1. The van der Waals surface area contributed by atoms with E-state index >= 15 is 0 Å². The molecule has 1 aromatic carbocycles. The van der Waals surface area contributed by atoms with Crippen molar-refractivity contribution in [2.24, 2.45) is 0 Å². The average molecular weight is 445 g/mol. The van der Waals surface area contributed by atoms with E-state index in [-0.39, 0.29) is 5.91 Å². The van der Waals surface area contributed by atoms with Crippen molar-refractivity contribution in [2.45, 2.75) is 0 Å². The van der Waals surface area contributed by atoms with Crippen LogP contribution in [0.3, 0.4) is 0 Å². The zero-order valence-electron chi connectivity index (χ0n) is 16.1. The van der Waals surface area contributed by atoms with Crippen molar-refractivity contribution in [3.8, 4) is 0 Å². The van der Waals surface area contributed by atoms with Gasteiger partial charge in [-0.2, -0.15) is 0 Å². The minimum absolute atomic E-state index is 0.0768. The summed E-state index contributed by atoms with van der Waals surface area (Å²) in [5, 5.41) is 0. The first-order chi connectivity index (χ1) is 13.6. The third-order valence-corrected chi connectivity index (χ3v) is 6.15. The van der Waals surface area contributed by atoms with E-state index in [2.05, 4.69) is 53.7 Å². The van der Waals surface area contributed by atoms with Crippen molar-refractivity contribution < 1.29 is 4.79 Å². The van der Waals surface area contributed by atoms with Crippen molar-refractivity contribution in [3.05, 3.63) is 46.7 Å². The van der Waals surface area contributed by atoms with Gasteiger partial charge in [0.1, 0.15) is 18.0 Å². The molecule has 0 saturated carbocycles. The SMILES string of the molecule is CN1CCN(c2cc(N3CCN(C(=O)c4ccccc4Br)CC3)ncn2)CC1. The number of hydrogen-bond acceptors (Lipinski definition) is 6. The summed E-state index contributed by atoms with van der Waals surface area (Å²) in [7, 11) is 2.15. The van der Waals surface area contributed by atoms with E-state index in [0.29, 0.717) is 13.1 Å². The van der Waals surface area contributed by atoms with Gasteiger partial charge in [-0.1, -0.05) is 12.1 Å². The average Bonchev–Trinajstić information content (AvgIpc) is 2.74. The fourth-order valence-electron chi connectivity index (χ4n) is 3.66. The Balaban J connectivity index is 1.39. The zero-order chi connectivity index (χ0) is 19.5. The Morgan fingerprint density at radius 1 is 0.893 bits per heavy atom. The highest BCUT2D eigenvalue weighted by molar-refractivity contribution is 9.10. The van der Waals surface area contributed by atoms with E-state index in [1.807, 2.05) is 29.2 Å². The number of anilines is 2. The highest BCUT2D eigenvalue weighted by Crippen LogP contribution is 2.22. The maximum absolute atomic E-state index is 12.8. The molecule has 0 aliphatic carbocycles. The first-order valence-corrected chi connectivity index (χ1v) is 10.5. The van der Waals surface area contributed by atoms with Crippen LogP contribution in [-0.2, 0) is 0 Å². The van der Waals surface area contributed by atoms with Crippen molar-refractivity contribution in [3.63, 3.8) is 0 Å². The maximum atomic E-state index is 12.8. The minimum Gasteiger partial charge on any atom is -0.354 e. The van der Waals surface area contributed by atoms with Gasteiger partial charge in [0.15, 0.2) is 0 Å². The Bertz CT molecular complexity index is 831. The predicted octanol–water partition coefficient (Wildman–Crippen LogP) is 1.95. The van der Waals surface area contributed by atoms with E-state index in [0.717, 1.165) is 60.9 Å². The monoisotopic (exact) mass is 444 g/mol. The molecule has 148 valence electrons. The predicted molar refractivity (Wildman–Crippen MR) is 114 cm³/mol. The number of amides is 1. The molecule has 0 unspecified atom stereocenters. The summed E-state index contributed by atoms with van der Waals surface area (Å²) < 4.78 is 0.843. The molecule has 2 aliphatic heterocycles. The lowest BCUT2D eigenvalue weighted by atomic mass is 10.2. The fraction of sp³-hybridized carbons (Fsp3) is 0.450. The van der Waals surface area contributed by atoms with Crippen LogP contribution in [0.2, 0.25) is 0 Å². The molecule has 1 amide bonds. The van der Waals surface area contributed by atoms with Crippen LogP contribution in [0.5, 0.6) is 0 Å².